The summed E-state index contributed by atoms with van der Waals surface area (Å²) in [5.41, 5.74) is 0.973. The number of halogens is 2. The second-order valence-corrected chi connectivity index (χ2v) is 9.76. The second-order valence-electron chi connectivity index (χ2n) is 4.63. The van der Waals surface area contributed by atoms with Gasteiger partial charge in [-0.15, -0.1) is 11.3 Å². The molecule has 0 radical (unpaired) electrons. The van der Waals surface area contributed by atoms with Crippen LogP contribution in [0.15, 0.2) is 14.1 Å². The lowest BCUT2D eigenvalue weighted by atomic mass is 10.1. The molecule has 1 aliphatic rings. The number of sulfonamides is 1. The Balaban J connectivity index is 2.37. The summed E-state index contributed by atoms with van der Waals surface area (Å²) in [5.74, 6) is 0.406. The van der Waals surface area contributed by atoms with Gasteiger partial charge in [0.2, 0.25) is 0 Å². The fourth-order valence-electron chi connectivity index (χ4n) is 2.17. The van der Waals surface area contributed by atoms with E-state index in [1.54, 1.807) is 10.4 Å². The maximum Gasteiger partial charge on any atom is 0.252 e. The number of hydrogen-bond donors (Lipinski definition) is 0. The molecule has 1 aromatic heterocycles. The monoisotopic (exact) mass is 415 g/mol. The van der Waals surface area contributed by atoms with Crippen LogP contribution < -0.4 is 0 Å². The number of rotatable bonds is 3. The van der Waals surface area contributed by atoms with Crippen LogP contribution in [0, 0.1) is 12.8 Å². The van der Waals surface area contributed by atoms with Crippen molar-refractivity contribution < 1.29 is 8.42 Å². The minimum absolute atomic E-state index is 0.0659. The van der Waals surface area contributed by atoms with E-state index in [2.05, 4.69) is 38.8 Å². The molecule has 0 aliphatic carbocycles. The zero-order valence-corrected chi connectivity index (χ0v) is 15.0. The molecule has 3 nitrogen and oxygen atoms in total. The molecule has 18 heavy (non-hydrogen) atoms. The van der Waals surface area contributed by atoms with E-state index in [0.29, 0.717) is 22.0 Å². The lowest BCUT2D eigenvalue weighted by molar-refractivity contribution is 0.379. The third-order valence-electron chi connectivity index (χ3n) is 3.39. The van der Waals surface area contributed by atoms with Gasteiger partial charge in [-0.3, -0.25) is 0 Å². The molecule has 2 rings (SSSR count). The van der Waals surface area contributed by atoms with E-state index < -0.39 is 10.0 Å². The third kappa shape index (κ3) is 2.57. The van der Waals surface area contributed by atoms with Crippen LogP contribution in [-0.2, 0) is 10.0 Å². The molecule has 2 unspecified atom stereocenters. The largest absolute Gasteiger partial charge is 0.252 e. The van der Waals surface area contributed by atoms with Gasteiger partial charge in [0.15, 0.2) is 0 Å². The van der Waals surface area contributed by atoms with Gasteiger partial charge in [0, 0.05) is 17.9 Å². The topological polar surface area (TPSA) is 37.4 Å². The van der Waals surface area contributed by atoms with Crippen molar-refractivity contribution in [2.45, 2.75) is 30.5 Å². The van der Waals surface area contributed by atoms with E-state index in [1.807, 2.05) is 6.92 Å². The molecular formula is C11H15Br2NO2S2. The third-order valence-corrected chi connectivity index (χ3v) is 8.56. The fourth-order valence-corrected chi connectivity index (χ4v) is 7.45. The van der Waals surface area contributed by atoms with Gasteiger partial charge in [-0.05, 0) is 46.8 Å². The van der Waals surface area contributed by atoms with Crippen molar-refractivity contribution in [1.29, 1.82) is 0 Å². The Kier molecular flexibility index (Phi) is 4.59. The fraction of sp³-hybridized carbons (Fsp3) is 0.636. The summed E-state index contributed by atoms with van der Waals surface area (Å²) in [6, 6.07) is 1.81. The first-order valence-electron chi connectivity index (χ1n) is 5.71. The molecule has 7 heteroatoms. The predicted molar refractivity (Wildman–Crippen MR) is 82.0 cm³/mol. The maximum absolute atomic E-state index is 12.6. The number of alkyl halides is 1. The van der Waals surface area contributed by atoms with E-state index in [1.165, 1.54) is 11.3 Å². The van der Waals surface area contributed by atoms with Crippen LogP contribution in [0.25, 0.3) is 0 Å². The van der Waals surface area contributed by atoms with Gasteiger partial charge >= 0.3 is 0 Å². The van der Waals surface area contributed by atoms with Gasteiger partial charge in [0.25, 0.3) is 10.0 Å². The Hall–Kier alpha value is 0.570. The highest BCUT2D eigenvalue weighted by Gasteiger charge is 2.39. The van der Waals surface area contributed by atoms with Crippen LogP contribution >= 0.6 is 43.2 Å². The second kappa shape index (κ2) is 5.52. The molecule has 1 saturated heterocycles. The first-order valence-corrected chi connectivity index (χ1v) is 9.88. The molecule has 2 atom stereocenters. The Labute approximate surface area is 129 Å². The predicted octanol–water partition coefficient (Wildman–Crippen LogP) is 3.61. The van der Waals surface area contributed by atoms with Crippen LogP contribution in [0.1, 0.15) is 18.9 Å². The van der Waals surface area contributed by atoms with Crippen LogP contribution in [0.5, 0.6) is 0 Å². The molecule has 102 valence electrons. The molecule has 2 heterocycles. The summed E-state index contributed by atoms with van der Waals surface area (Å²) in [4.78, 5) is 0. The number of aryl methyl sites for hydroxylation is 1. The summed E-state index contributed by atoms with van der Waals surface area (Å²) < 4.78 is 28.2. The van der Waals surface area contributed by atoms with Crippen molar-refractivity contribution in [2.75, 3.05) is 11.9 Å². The average molecular weight is 417 g/mol. The molecule has 0 N–H and O–H groups in total. The summed E-state index contributed by atoms with van der Waals surface area (Å²) in [6.45, 7) is 4.64. The van der Waals surface area contributed by atoms with Gasteiger partial charge in [-0.2, -0.15) is 4.31 Å². The van der Waals surface area contributed by atoms with Gasteiger partial charge in [0.05, 0.1) is 3.79 Å². The lowest BCUT2D eigenvalue weighted by Crippen LogP contribution is -2.38. The molecule has 1 fully saturated rings. The average Bonchev–Trinajstić information content (AvgIpc) is 2.84. The van der Waals surface area contributed by atoms with Crippen LogP contribution in [-0.4, -0.2) is 30.6 Å². The summed E-state index contributed by atoms with van der Waals surface area (Å²) in [6.07, 6.45) is 0.932. The van der Waals surface area contributed by atoms with Gasteiger partial charge in [-0.1, -0.05) is 22.9 Å². The Morgan fingerprint density at radius 3 is 2.72 bits per heavy atom. The van der Waals surface area contributed by atoms with Crippen LogP contribution in [0.4, 0.5) is 0 Å². The molecule has 0 spiro atoms. The summed E-state index contributed by atoms with van der Waals surface area (Å²) >= 11 is 8.11. The molecule has 1 aliphatic heterocycles. The van der Waals surface area contributed by atoms with Crippen LogP contribution in [0.2, 0.25) is 0 Å². The smallest absolute Gasteiger partial charge is 0.206 e. The van der Waals surface area contributed by atoms with E-state index in [0.717, 1.165) is 15.8 Å². The summed E-state index contributed by atoms with van der Waals surface area (Å²) in [5, 5.41) is 0.693. The molecule has 0 aromatic carbocycles. The van der Waals surface area contributed by atoms with Crippen molar-refractivity contribution >= 4 is 53.2 Å². The zero-order valence-electron chi connectivity index (χ0n) is 10.2. The standard InChI is InChI=1S/C11H15Br2NO2S2/c1-7-3-4-14(9(7)6-12)18(15,16)10-5-8(2)11(13)17-10/h5,7,9H,3-4,6H2,1-2H3. The van der Waals surface area contributed by atoms with Crippen molar-refractivity contribution in [3.8, 4) is 0 Å². The van der Waals surface area contributed by atoms with Gasteiger partial charge in [0.1, 0.15) is 4.21 Å². The molecule has 1 aromatic rings. The first-order chi connectivity index (χ1) is 8.37. The highest BCUT2D eigenvalue weighted by Crippen LogP contribution is 2.36. The van der Waals surface area contributed by atoms with E-state index in [-0.39, 0.29) is 6.04 Å². The minimum Gasteiger partial charge on any atom is -0.206 e. The quantitative estimate of drug-likeness (QED) is 0.705. The zero-order chi connectivity index (χ0) is 13.5. The van der Waals surface area contributed by atoms with E-state index in [9.17, 15) is 8.42 Å². The highest BCUT2D eigenvalue weighted by atomic mass is 79.9. The van der Waals surface area contributed by atoms with E-state index in [4.69, 9.17) is 0 Å². The van der Waals surface area contributed by atoms with Crippen molar-refractivity contribution in [2.24, 2.45) is 5.92 Å². The maximum atomic E-state index is 12.6. The van der Waals surface area contributed by atoms with E-state index >= 15 is 0 Å². The van der Waals surface area contributed by atoms with Gasteiger partial charge < -0.3 is 0 Å². The Morgan fingerprint density at radius 2 is 2.22 bits per heavy atom. The van der Waals surface area contributed by atoms with Gasteiger partial charge in [-0.25, -0.2) is 8.42 Å². The van der Waals surface area contributed by atoms with Crippen molar-refractivity contribution in [3.05, 3.63) is 15.4 Å². The van der Waals surface area contributed by atoms with Crippen molar-refractivity contribution in [1.82, 2.24) is 4.31 Å². The number of nitrogens with zero attached hydrogens (tertiary/aromatic N) is 1. The number of thiophene rings is 1. The van der Waals surface area contributed by atoms with Crippen LogP contribution in [0.3, 0.4) is 0 Å². The molecule has 0 saturated carbocycles. The van der Waals surface area contributed by atoms with Crippen molar-refractivity contribution in [3.63, 3.8) is 0 Å². The normalized spacial score (nSPS) is 25.8. The lowest BCUT2D eigenvalue weighted by Gasteiger charge is -2.23. The summed E-state index contributed by atoms with van der Waals surface area (Å²) in [7, 11) is -3.34. The first kappa shape index (κ1) is 15.0. The Bertz CT molecular complexity index is 522. The number of hydrogen-bond acceptors (Lipinski definition) is 3. The highest BCUT2D eigenvalue weighted by molar-refractivity contribution is 9.11. The SMILES string of the molecule is Cc1cc(S(=O)(=O)N2CCC(C)C2CBr)sc1Br. The molecule has 0 amide bonds. The Morgan fingerprint density at radius 1 is 1.56 bits per heavy atom. The molecule has 0 bridgehead atoms. The molecular weight excluding hydrogens is 402 g/mol. The minimum atomic E-state index is -3.34.